The minimum Gasteiger partial charge on any atom is -0.480 e. The first-order valence-corrected chi connectivity index (χ1v) is 9.36. The van der Waals surface area contributed by atoms with Crippen LogP contribution in [0.2, 0.25) is 0 Å². The number of carboxylic acids is 1. The molecule has 3 aromatic rings. The van der Waals surface area contributed by atoms with E-state index in [0.717, 1.165) is 0 Å². The number of nitrogens with zero attached hydrogens (tertiary/aromatic N) is 5. The van der Waals surface area contributed by atoms with Crippen LogP contribution in [0.5, 0.6) is 0 Å². The fraction of sp³-hybridized carbons (Fsp3) is 0.0952. The van der Waals surface area contributed by atoms with Gasteiger partial charge in [-0.3, -0.25) is 4.79 Å². The third-order valence-electron chi connectivity index (χ3n) is 4.16. The molecule has 0 amide bonds. The summed E-state index contributed by atoms with van der Waals surface area (Å²) in [5, 5.41) is 27.1. The standard InChI is InChI=1S/C21H19N9O2/c22-9-13-3-1-4-14(7-13)16-8-17(29-21(23)28-16)18(30-24)11-25-10-15-5-2-6-19(27-15)26-12-20(31)32/h1-8,11,24-25H,10,12H2,(H,26,27)(H,31,32)(H2,23,28,29)/b18-11-,30-24?. The van der Waals surface area contributed by atoms with Crippen LogP contribution in [0.25, 0.3) is 17.0 Å². The SMILES string of the molecule is N#Cc1cccc(-c2cc(/C(=C/NCc3cccc(NCC(=O)O)n3)N=N)nc(N)n2)c1. The highest BCUT2D eigenvalue weighted by atomic mass is 16.4. The molecular formula is C21H19N9O2. The van der Waals surface area contributed by atoms with Crippen molar-refractivity contribution in [1.29, 1.82) is 10.8 Å². The number of pyridine rings is 1. The second-order valence-electron chi connectivity index (χ2n) is 6.47. The number of benzene rings is 1. The molecular weight excluding hydrogens is 410 g/mol. The molecule has 2 heterocycles. The Morgan fingerprint density at radius 3 is 2.78 bits per heavy atom. The van der Waals surface area contributed by atoms with Gasteiger partial charge in [-0.25, -0.2) is 20.5 Å². The first-order chi connectivity index (χ1) is 15.5. The topological polar surface area (TPSA) is 186 Å². The molecule has 2 aromatic heterocycles. The molecule has 0 saturated carbocycles. The van der Waals surface area contributed by atoms with Crippen molar-refractivity contribution in [2.45, 2.75) is 6.54 Å². The minimum absolute atomic E-state index is 0.00767. The normalized spacial score (nSPS) is 10.8. The second kappa shape index (κ2) is 10.3. The van der Waals surface area contributed by atoms with Gasteiger partial charge in [0, 0.05) is 11.8 Å². The predicted molar refractivity (Wildman–Crippen MR) is 117 cm³/mol. The van der Waals surface area contributed by atoms with Gasteiger partial charge in [0.2, 0.25) is 5.95 Å². The third-order valence-corrected chi connectivity index (χ3v) is 4.16. The van der Waals surface area contributed by atoms with Gasteiger partial charge in [-0.15, -0.1) is 0 Å². The monoisotopic (exact) mass is 429 g/mol. The Balaban J connectivity index is 1.77. The summed E-state index contributed by atoms with van der Waals surface area (Å²) in [6.07, 6.45) is 1.50. The van der Waals surface area contributed by atoms with Gasteiger partial charge in [-0.1, -0.05) is 18.2 Å². The van der Waals surface area contributed by atoms with Crippen LogP contribution in [0.3, 0.4) is 0 Å². The number of aliphatic carboxylic acids is 1. The highest BCUT2D eigenvalue weighted by Gasteiger charge is 2.10. The molecule has 1 aromatic carbocycles. The summed E-state index contributed by atoms with van der Waals surface area (Å²) in [5.74, 6) is -0.537. The lowest BCUT2D eigenvalue weighted by atomic mass is 10.1. The molecule has 0 fully saturated rings. The molecule has 32 heavy (non-hydrogen) atoms. The van der Waals surface area contributed by atoms with Gasteiger partial charge in [0.15, 0.2) is 0 Å². The summed E-state index contributed by atoms with van der Waals surface area (Å²) in [6.45, 7) is 0.0691. The van der Waals surface area contributed by atoms with E-state index in [1.54, 1.807) is 48.5 Å². The van der Waals surface area contributed by atoms with E-state index < -0.39 is 5.97 Å². The Kier molecular flexibility index (Phi) is 7.01. The smallest absolute Gasteiger partial charge is 0.322 e. The number of carbonyl (C=O) groups is 1. The van der Waals surface area contributed by atoms with Crippen molar-refractivity contribution in [3.63, 3.8) is 0 Å². The average Bonchev–Trinajstić information content (AvgIpc) is 2.80. The Morgan fingerprint density at radius 2 is 2.03 bits per heavy atom. The number of carboxylic acid groups (broad SMARTS) is 1. The van der Waals surface area contributed by atoms with Crippen molar-refractivity contribution in [3.05, 3.63) is 71.7 Å². The summed E-state index contributed by atoms with van der Waals surface area (Å²) < 4.78 is 0. The summed E-state index contributed by atoms with van der Waals surface area (Å²) in [5.41, 5.74) is 16.2. The Hall–Kier alpha value is -4.85. The molecule has 0 radical (unpaired) electrons. The number of nitrogens with one attached hydrogen (secondary N) is 3. The maximum absolute atomic E-state index is 10.7. The summed E-state index contributed by atoms with van der Waals surface area (Å²) in [4.78, 5) is 23.3. The first-order valence-electron chi connectivity index (χ1n) is 9.36. The van der Waals surface area contributed by atoms with Crippen molar-refractivity contribution in [2.75, 3.05) is 17.6 Å². The van der Waals surface area contributed by atoms with Gasteiger partial charge in [0.05, 0.1) is 35.3 Å². The first kappa shape index (κ1) is 21.8. The Labute approximate surface area is 183 Å². The highest BCUT2D eigenvalue weighted by molar-refractivity contribution is 5.72. The van der Waals surface area contributed by atoms with Crippen LogP contribution in [0.4, 0.5) is 11.8 Å². The van der Waals surface area contributed by atoms with Crippen LogP contribution >= 0.6 is 0 Å². The molecule has 0 spiro atoms. The number of rotatable bonds is 9. The highest BCUT2D eigenvalue weighted by Crippen LogP contribution is 2.23. The number of nitrogen functional groups attached to an aromatic ring is 1. The third kappa shape index (κ3) is 5.83. The number of hydrogen-bond acceptors (Lipinski definition) is 10. The molecule has 11 heteroatoms. The van der Waals surface area contributed by atoms with Crippen LogP contribution in [0.1, 0.15) is 17.0 Å². The van der Waals surface area contributed by atoms with Gasteiger partial charge >= 0.3 is 5.97 Å². The largest absolute Gasteiger partial charge is 0.480 e. The summed E-state index contributed by atoms with van der Waals surface area (Å²) in [6, 6.07) is 15.8. The minimum atomic E-state index is -0.984. The van der Waals surface area contributed by atoms with Crippen molar-refractivity contribution >= 4 is 23.4 Å². The molecule has 0 atom stereocenters. The molecule has 0 aliphatic carbocycles. The maximum Gasteiger partial charge on any atom is 0.322 e. The number of aromatic nitrogens is 3. The van der Waals surface area contributed by atoms with Crippen molar-refractivity contribution < 1.29 is 9.90 Å². The lowest BCUT2D eigenvalue weighted by molar-refractivity contribution is -0.134. The molecule has 11 nitrogen and oxygen atoms in total. The zero-order valence-corrected chi connectivity index (χ0v) is 16.8. The van der Waals surface area contributed by atoms with Gasteiger partial charge in [-0.05, 0) is 30.3 Å². The van der Waals surface area contributed by atoms with E-state index in [2.05, 4.69) is 36.8 Å². The average molecular weight is 429 g/mol. The molecule has 0 unspecified atom stereocenters. The van der Waals surface area contributed by atoms with Crippen LogP contribution in [0.15, 0.2) is 59.8 Å². The van der Waals surface area contributed by atoms with E-state index in [-0.39, 0.29) is 18.2 Å². The molecule has 6 N–H and O–H groups in total. The number of nitriles is 1. The van der Waals surface area contributed by atoms with Crippen molar-refractivity contribution in [1.82, 2.24) is 20.3 Å². The van der Waals surface area contributed by atoms with Gasteiger partial charge in [0.25, 0.3) is 0 Å². The fourth-order valence-electron chi connectivity index (χ4n) is 2.75. The van der Waals surface area contributed by atoms with Crippen molar-refractivity contribution in [2.24, 2.45) is 5.11 Å². The van der Waals surface area contributed by atoms with Crippen LogP contribution in [-0.2, 0) is 11.3 Å². The lowest BCUT2D eigenvalue weighted by Crippen LogP contribution is -2.14. The molecule has 3 rings (SSSR count). The Bertz CT molecular complexity index is 1220. The molecule has 0 aliphatic heterocycles. The quantitative estimate of drug-likeness (QED) is 0.319. The zero-order valence-electron chi connectivity index (χ0n) is 16.8. The molecule has 0 saturated heterocycles. The second-order valence-corrected chi connectivity index (χ2v) is 6.47. The molecule has 0 aliphatic rings. The zero-order chi connectivity index (χ0) is 22.9. The van der Waals surface area contributed by atoms with Gasteiger partial charge in [0.1, 0.15) is 18.1 Å². The summed E-state index contributed by atoms with van der Waals surface area (Å²) >= 11 is 0. The van der Waals surface area contributed by atoms with Crippen LogP contribution < -0.4 is 16.4 Å². The maximum atomic E-state index is 10.7. The van der Waals surface area contributed by atoms with E-state index in [1.165, 1.54) is 6.20 Å². The predicted octanol–water partition coefficient (Wildman–Crippen LogP) is 2.61. The van der Waals surface area contributed by atoms with Gasteiger partial charge < -0.3 is 21.5 Å². The summed E-state index contributed by atoms with van der Waals surface area (Å²) in [7, 11) is 0. The van der Waals surface area contributed by atoms with E-state index in [9.17, 15) is 4.79 Å². The number of anilines is 2. The number of nitrogens with two attached hydrogens (primary N) is 1. The molecule has 160 valence electrons. The molecule has 0 bridgehead atoms. The number of hydrogen-bond donors (Lipinski definition) is 5. The van der Waals surface area contributed by atoms with Gasteiger partial charge in [-0.2, -0.15) is 10.4 Å². The fourth-order valence-corrected chi connectivity index (χ4v) is 2.75. The van der Waals surface area contributed by atoms with E-state index in [4.69, 9.17) is 21.6 Å². The van der Waals surface area contributed by atoms with Crippen molar-refractivity contribution in [3.8, 4) is 17.3 Å². The van der Waals surface area contributed by atoms with Crippen LogP contribution in [-0.4, -0.2) is 32.6 Å². The Morgan fingerprint density at radius 1 is 1.22 bits per heavy atom. The van der Waals surface area contributed by atoms with E-state index >= 15 is 0 Å². The lowest BCUT2D eigenvalue weighted by Gasteiger charge is -2.08. The van der Waals surface area contributed by atoms with E-state index in [1.807, 2.05) is 0 Å². The van der Waals surface area contributed by atoms with Crippen LogP contribution in [0, 0.1) is 16.9 Å². The van der Waals surface area contributed by atoms with E-state index in [0.29, 0.717) is 40.6 Å².